The zero-order valence-electron chi connectivity index (χ0n) is 19.8. The molecule has 0 saturated heterocycles. The van der Waals surface area contributed by atoms with E-state index in [-0.39, 0.29) is 0 Å². The third kappa shape index (κ3) is 14.0. The molecule has 0 bridgehead atoms. The average Bonchev–Trinajstić information content (AvgIpc) is 3.19. The number of nitrogens with one attached hydrogen (secondary N) is 1. The topological polar surface area (TPSA) is 49.3 Å². The number of aliphatic carboxylic acids is 1. The van der Waals surface area contributed by atoms with Crippen LogP contribution in [-0.4, -0.2) is 17.6 Å². The van der Waals surface area contributed by atoms with Crippen LogP contribution in [0.15, 0.2) is 24.3 Å². The Labute approximate surface area is 191 Å². The van der Waals surface area contributed by atoms with E-state index in [1.54, 1.807) is 0 Å². The number of carboxylic acid groups (broad SMARTS) is 1. The summed E-state index contributed by atoms with van der Waals surface area (Å²) in [5.74, 6) is 1.96. The van der Waals surface area contributed by atoms with Crippen LogP contribution in [0.1, 0.15) is 120 Å². The Morgan fingerprint density at radius 2 is 1.52 bits per heavy atom. The number of hydrogen-bond acceptors (Lipinski definition) is 2. The molecule has 0 radical (unpaired) electrons. The smallest absolute Gasteiger partial charge is 0.303 e. The SMILES string of the molecule is C#CCN[C@@H]1CCc2ccccc21.CCCCCCCCCCCCCCCC(=O)O. The van der Waals surface area contributed by atoms with Crippen molar-refractivity contribution in [1.29, 1.82) is 0 Å². The first kappa shape index (κ1) is 27.2. The average molecular weight is 428 g/mol. The van der Waals surface area contributed by atoms with Crippen molar-refractivity contribution in [2.24, 2.45) is 0 Å². The summed E-state index contributed by atoms with van der Waals surface area (Å²) in [6.45, 7) is 2.93. The van der Waals surface area contributed by atoms with Gasteiger partial charge in [-0.05, 0) is 30.4 Å². The molecule has 1 aromatic carbocycles. The maximum absolute atomic E-state index is 10.3. The van der Waals surface area contributed by atoms with Crippen LogP contribution < -0.4 is 5.32 Å². The summed E-state index contributed by atoms with van der Waals surface area (Å²) < 4.78 is 0. The molecule has 0 saturated carbocycles. The van der Waals surface area contributed by atoms with Gasteiger partial charge in [0.1, 0.15) is 0 Å². The van der Waals surface area contributed by atoms with Crippen LogP contribution in [0.4, 0.5) is 0 Å². The van der Waals surface area contributed by atoms with Gasteiger partial charge in [0.2, 0.25) is 0 Å². The Kier molecular flexibility index (Phi) is 16.6. The summed E-state index contributed by atoms with van der Waals surface area (Å²) in [5, 5.41) is 11.8. The van der Waals surface area contributed by atoms with Crippen molar-refractivity contribution >= 4 is 5.97 Å². The first-order valence-corrected chi connectivity index (χ1v) is 12.7. The number of terminal acetylenes is 1. The van der Waals surface area contributed by atoms with Gasteiger partial charge >= 0.3 is 5.97 Å². The van der Waals surface area contributed by atoms with Crippen molar-refractivity contribution in [3.8, 4) is 12.3 Å². The number of fused-ring (bicyclic) bond motifs is 1. The summed E-state index contributed by atoms with van der Waals surface area (Å²) in [4.78, 5) is 10.3. The highest BCUT2D eigenvalue weighted by molar-refractivity contribution is 5.66. The van der Waals surface area contributed by atoms with E-state index in [9.17, 15) is 4.79 Å². The molecule has 0 heterocycles. The number of hydrogen-bond donors (Lipinski definition) is 2. The minimum Gasteiger partial charge on any atom is -0.481 e. The fourth-order valence-electron chi connectivity index (χ4n) is 4.25. The molecule has 0 amide bonds. The molecule has 1 aliphatic rings. The molecular weight excluding hydrogens is 382 g/mol. The van der Waals surface area contributed by atoms with Gasteiger partial charge < -0.3 is 5.11 Å². The molecule has 0 aliphatic heterocycles. The number of benzene rings is 1. The number of unbranched alkanes of at least 4 members (excludes halogenated alkanes) is 12. The Morgan fingerprint density at radius 3 is 2.06 bits per heavy atom. The number of aryl methyl sites for hydroxylation is 1. The number of carboxylic acids is 1. The fourth-order valence-corrected chi connectivity index (χ4v) is 4.25. The van der Waals surface area contributed by atoms with Crippen LogP contribution in [-0.2, 0) is 11.2 Å². The van der Waals surface area contributed by atoms with Crippen molar-refractivity contribution in [2.75, 3.05) is 6.54 Å². The van der Waals surface area contributed by atoms with E-state index in [4.69, 9.17) is 11.5 Å². The van der Waals surface area contributed by atoms with Gasteiger partial charge in [-0.2, -0.15) is 0 Å². The van der Waals surface area contributed by atoms with Crippen molar-refractivity contribution in [2.45, 2.75) is 116 Å². The maximum atomic E-state index is 10.3. The predicted molar refractivity (Wildman–Crippen MR) is 132 cm³/mol. The molecule has 2 rings (SSSR count). The van der Waals surface area contributed by atoms with E-state index < -0.39 is 5.97 Å². The first-order chi connectivity index (χ1) is 15.2. The Hall–Kier alpha value is -1.79. The second-order valence-corrected chi connectivity index (χ2v) is 8.76. The van der Waals surface area contributed by atoms with Crippen molar-refractivity contribution < 1.29 is 9.90 Å². The second kappa shape index (κ2) is 18.9. The molecule has 2 N–H and O–H groups in total. The molecular formula is C28H45NO2. The Morgan fingerprint density at radius 1 is 0.968 bits per heavy atom. The van der Waals surface area contributed by atoms with Crippen LogP contribution in [0.25, 0.3) is 0 Å². The fraction of sp³-hybridized carbons (Fsp3) is 0.679. The quantitative estimate of drug-likeness (QED) is 0.213. The lowest BCUT2D eigenvalue weighted by Gasteiger charge is -2.10. The lowest BCUT2D eigenvalue weighted by Crippen LogP contribution is -2.19. The molecule has 0 spiro atoms. The van der Waals surface area contributed by atoms with Gasteiger partial charge in [0.25, 0.3) is 0 Å². The first-order valence-electron chi connectivity index (χ1n) is 12.7. The normalized spacial score (nSPS) is 14.4. The van der Waals surface area contributed by atoms with Crippen LogP contribution in [0.5, 0.6) is 0 Å². The lowest BCUT2D eigenvalue weighted by molar-refractivity contribution is -0.137. The minimum atomic E-state index is -0.655. The number of carbonyl (C=O) groups is 1. The predicted octanol–water partition coefficient (Wildman–Crippen LogP) is 7.45. The van der Waals surface area contributed by atoms with E-state index in [0.717, 1.165) is 12.8 Å². The molecule has 1 atom stereocenters. The number of rotatable bonds is 16. The maximum Gasteiger partial charge on any atom is 0.303 e. The summed E-state index contributed by atoms with van der Waals surface area (Å²) >= 11 is 0. The van der Waals surface area contributed by atoms with Crippen LogP contribution in [0.3, 0.4) is 0 Å². The molecule has 3 heteroatoms. The summed E-state index contributed by atoms with van der Waals surface area (Å²) in [7, 11) is 0. The second-order valence-electron chi connectivity index (χ2n) is 8.76. The molecule has 0 unspecified atom stereocenters. The van der Waals surface area contributed by atoms with Gasteiger partial charge in [0.15, 0.2) is 0 Å². The molecule has 3 nitrogen and oxygen atoms in total. The zero-order valence-corrected chi connectivity index (χ0v) is 19.8. The zero-order chi connectivity index (χ0) is 22.6. The van der Waals surface area contributed by atoms with Crippen LogP contribution in [0.2, 0.25) is 0 Å². The van der Waals surface area contributed by atoms with Gasteiger partial charge in [-0.15, -0.1) is 6.42 Å². The molecule has 1 aliphatic carbocycles. The van der Waals surface area contributed by atoms with E-state index in [1.165, 1.54) is 94.6 Å². The summed E-state index contributed by atoms with van der Waals surface area (Å²) in [6.07, 6.45) is 24.8. The highest BCUT2D eigenvalue weighted by atomic mass is 16.4. The van der Waals surface area contributed by atoms with Gasteiger partial charge in [0.05, 0.1) is 6.54 Å². The third-order valence-electron chi connectivity index (χ3n) is 6.08. The molecule has 0 aromatic heterocycles. The van der Waals surface area contributed by atoms with E-state index in [0.29, 0.717) is 19.0 Å². The van der Waals surface area contributed by atoms with Gasteiger partial charge in [0, 0.05) is 12.5 Å². The Balaban J connectivity index is 0.000000323. The summed E-state index contributed by atoms with van der Waals surface area (Å²) in [5.41, 5.74) is 2.90. The van der Waals surface area contributed by atoms with E-state index >= 15 is 0 Å². The minimum absolute atomic E-state index is 0.345. The highest BCUT2D eigenvalue weighted by Gasteiger charge is 2.20. The van der Waals surface area contributed by atoms with Gasteiger partial charge in [-0.3, -0.25) is 10.1 Å². The van der Waals surface area contributed by atoms with E-state index in [2.05, 4.69) is 42.4 Å². The van der Waals surface area contributed by atoms with Crippen molar-refractivity contribution in [3.63, 3.8) is 0 Å². The van der Waals surface area contributed by atoms with Crippen LogP contribution >= 0.6 is 0 Å². The van der Waals surface area contributed by atoms with Crippen molar-refractivity contribution in [3.05, 3.63) is 35.4 Å². The largest absolute Gasteiger partial charge is 0.481 e. The highest BCUT2D eigenvalue weighted by Crippen LogP contribution is 2.30. The Bertz CT molecular complexity index is 620. The van der Waals surface area contributed by atoms with E-state index in [1.807, 2.05) is 0 Å². The standard InChI is InChI=1S/C16H32O2.C12H13N/c1-2-3-4-5-6-7-8-9-10-11-12-13-14-15-16(17)18;1-2-9-13-12-8-7-10-5-3-4-6-11(10)12/h2-15H2,1H3,(H,17,18);1,3-6,12-13H,7-9H2/t;12-/m.1/s1. The third-order valence-corrected chi connectivity index (χ3v) is 6.08. The summed E-state index contributed by atoms with van der Waals surface area (Å²) in [6, 6.07) is 9.06. The monoisotopic (exact) mass is 427 g/mol. The van der Waals surface area contributed by atoms with Gasteiger partial charge in [-0.1, -0.05) is 114 Å². The molecule has 1 aromatic rings. The van der Waals surface area contributed by atoms with Crippen LogP contribution in [0, 0.1) is 12.3 Å². The van der Waals surface area contributed by atoms with Crippen molar-refractivity contribution in [1.82, 2.24) is 5.32 Å². The lowest BCUT2D eigenvalue weighted by atomic mass is 10.0. The van der Waals surface area contributed by atoms with Gasteiger partial charge in [-0.25, -0.2) is 0 Å². The molecule has 0 fully saturated rings. The molecule has 31 heavy (non-hydrogen) atoms. The molecule has 174 valence electrons.